The maximum atomic E-state index is 16.1. The van der Waals surface area contributed by atoms with Gasteiger partial charge in [-0.2, -0.15) is 5.09 Å². The molecule has 3 heterocycles. The van der Waals surface area contributed by atoms with Gasteiger partial charge in [0.25, 0.3) is 0 Å². The summed E-state index contributed by atoms with van der Waals surface area (Å²) in [5, 5.41) is 16.7. The van der Waals surface area contributed by atoms with Crippen molar-refractivity contribution in [2.75, 3.05) is 18.5 Å². The lowest BCUT2D eigenvalue weighted by molar-refractivity contribution is -0.149. The zero-order chi connectivity index (χ0) is 30.7. The number of fused-ring (bicyclic) bond motifs is 1. The molecule has 42 heavy (non-hydrogen) atoms. The lowest BCUT2D eigenvalue weighted by Gasteiger charge is -2.25. The van der Waals surface area contributed by atoms with Gasteiger partial charge >= 0.3 is 13.7 Å². The third-order valence-corrected chi connectivity index (χ3v) is 8.08. The summed E-state index contributed by atoms with van der Waals surface area (Å²) in [5.41, 5.74) is -1.60. The SMILES string of the molecule is CC(C)CNc1ncnc2c1ncn2[C@@H]1O[C@H](CO[P@@](=O)(N[C@@H](C)C(=O)OC(C)C)Oc2ccccc2)[C@@H](O)[C@@]1(C)F. The molecule has 0 spiro atoms. The minimum atomic E-state index is -4.27. The fourth-order valence-electron chi connectivity index (χ4n) is 4.31. The van der Waals surface area contributed by atoms with Gasteiger partial charge in [-0.05, 0) is 45.7 Å². The Kier molecular flexibility index (Phi) is 9.84. The molecule has 13 nitrogen and oxygen atoms in total. The van der Waals surface area contributed by atoms with E-state index in [1.165, 1.54) is 31.1 Å². The van der Waals surface area contributed by atoms with E-state index >= 15 is 4.39 Å². The van der Waals surface area contributed by atoms with Gasteiger partial charge in [-0.3, -0.25) is 13.9 Å². The molecule has 1 saturated heterocycles. The molecule has 0 unspecified atom stereocenters. The van der Waals surface area contributed by atoms with Crippen LogP contribution < -0.4 is 14.9 Å². The number of rotatable bonds is 13. The van der Waals surface area contributed by atoms with E-state index in [0.717, 1.165) is 0 Å². The average molecular weight is 609 g/mol. The van der Waals surface area contributed by atoms with Crippen molar-refractivity contribution in [2.45, 2.75) is 77.8 Å². The molecule has 0 amide bonds. The van der Waals surface area contributed by atoms with Gasteiger partial charge < -0.3 is 24.4 Å². The van der Waals surface area contributed by atoms with Gasteiger partial charge in [-0.25, -0.2) is 23.9 Å². The number of hydrogen-bond acceptors (Lipinski definition) is 11. The zero-order valence-electron chi connectivity index (χ0n) is 24.4. The van der Waals surface area contributed by atoms with Crippen LogP contribution in [0, 0.1) is 5.92 Å². The second-order valence-electron chi connectivity index (χ2n) is 11.0. The van der Waals surface area contributed by atoms with Crippen LogP contribution in [0.1, 0.15) is 47.8 Å². The molecule has 3 aromatic rings. The first-order valence-electron chi connectivity index (χ1n) is 13.7. The van der Waals surface area contributed by atoms with Crippen molar-refractivity contribution in [1.29, 1.82) is 0 Å². The van der Waals surface area contributed by atoms with Crippen LogP contribution in [0.4, 0.5) is 10.2 Å². The number of carbonyl (C=O) groups excluding carboxylic acids is 1. The van der Waals surface area contributed by atoms with Crippen LogP contribution in [-0.2, 0) is 23.4 Å². The van der Waals surface area contributed by atoms with Gasteiger partial charge in [-0.1, -0.05) is 32.0 Å². The standard InChI is InChI=1S/C27H38FN6O7P/c1-16(2)12-29-23-21-24(31-14-30-23)34(15-32-21)26-27(6,28)22(35)20(40-26)13-38-42(37,41-19-10-8-7-9-11-19)33-18(5)25(36)39-17(3)4/h7-11,14-18,20,22,26,35H,12-13H2,1-6H3,(H,33,37)(H,29,30,31)/t18-,20+,22+,26+,27+,42-/m0/s1. The number of para-hydroxylation sites is 1. The van der Waals surface area contributed by atoms with E-state index in [-0.39, 0.29) is 5.75 Å². The van der Waals surface area contributed by atoms with Crippen LogP contribution in [0.5, 0.6) is 5.75 Å². The minimum absolute atomic E-state index is 0.199. The highest BCUT2D eigenvalue weighted by atomic mass is 31.2. The molecule has 1 fully saturated rings. The van der Waals surface area contributed by atoms with Crippen LogP contribution in [0.3, 0.4) is 0 Å². The summed E-state index contributed by atoms with van der Waals surface area (Å²) in [7, 11) is -4.27. The van der Waals surface area contributed by atoms with Gasteiger partial charge in [0.2, 0.25) is 0 Å². The smallest absolute Gasteiger partial charge is 0.459 e. The number of benzene rings is 1. The van der Waals surface area contributed by atoms with Crippen LogP contribution in [-0.4, -0.2) is 73.8 Å². The number of imidazole rings is 1. The monoisotopic (exact) mass is 608 g/mol. The number of halogens is 1. The number of aliphatic hydroxyl groups is 1. The molecule has 0 radical (unpaired) electrons. The third kappa shape index (κ3) is 7.24. The molecule has 15 heteroatoms. The van der Waals surface area contributed by atoms with E-state index in [4.69, 9.17) is 18.5 Å². The van der Waals surface area contributed by atoms with Crippen molar-refractivity contribution in [1.82, 2.24) is 24.6 Å². The summed E-state index contributed by atoms with van der Waals surface area (Å²) in [5.74, 6) is 0.364. The Bertz CT molecular complexity index is 1410. The van der Waals surface area contributed by atoms with Crippen molar-refractivity contribution in [3.05, 3.63) is 43.0 Å². The first kappa shape index (κ1) is 31.8. The maximum Gasteiger partial charge on any atom is 0.459 e. The molecular weight excluding hydrogens is 570 g/mol. The topological polar surface area (TPSA) is 159 Å². The van der Waals surface area contributed by atoms with E-state index in [1.54, 1.807) is 44.2 Å². The van der Waals surface area contributed by atoms with Crippen LogP contribution in [0.2, 0.25) is 0 Å². The highest BCUT2D eigenvalue weighted by molar-refractivity contribution is 7.52. The van der Waals surface area contributed by atoms with Gasteiger partial charge in [0.1, 0.15) is 30.3 Å². The first-order valence-corrected chi connectivity index (χ1v) is 15.3. The third-order valence-electron chi connectivity index (χ3n) is 6.44. The molecule has 6 atom stereocenters. The molecule has 1 aliphatic rings. The summed E-state index contributed by atoms with van der Waals surface area (Å²) in [4.78, 5) is 25.3. The number of carbonyl (C=O) groups is 1. The van der Waals surface area contributed by atoms with Crippen molar-refractivity contribution in [3.63, 3.8) is 0 Å². The number of ether oxygens (including phenoxy) is 2. The number of aliphatic hydroxyl groups excluding tert-OH is 1. The summed E-state index contributed by atoms with van der Waals surface area (Å²) in [6.07, 6.45) is -2.00. The van der Waals surface area contributed by atoms with Crippen LogP contribution in [0.25, 0.3) is 11.2 Å². The van der Waals surface area contributed by atoms with Crippen molar-refractivity contribution in [2.24, 2.45) is 5.92 Å². The van der Waals surface area contributed by atoms with Gasteiger partial charge in [-0.15, -0.1) is 0 Å². The van der Waals surface area contributed by atoms with E-state index in [1.807, 2.05) is 13.8 Å². The van der Waals surface area contributed by atoms with Crippen molar-refractivity contribution >= 4 is 30.7 Å². The van der Waals surface area contributed by atoms with E-state index < -0.39 is 56.6 Å². The van der Waals surface area contributed by atoms with Gasteiger partial charge in [0.15, 0.2) is 28.9 Å². The Morgan fingerprint density at radius 3 is 2.57 bits per heavy atom. The van der Waals surface area contributed by atoms with Crippen LogP contribution >= 0.6 is 7.75 Å². The van der Waals surface area contributed by atoms with E-state index in [2.05, 4.69) is 25.4 Å². The number of esters is 1. The molecule has 0 bridgehead atoms. The van der Waals surface area contributed by atoms with Gasteiger partial charge in [0, 0.05) is 6.54 Å². The summed E-state index contributed by atoms with van der Waals surface area (Å²) < 4.78 is 53.6. The predicted molar refractivity (Wildman–Crippen MR) is 153 cm³/mol. The molecule has 0 saturated carbocycles. The second kappa shape index (κ2) is 13.0. The lowest BCUT2D eigenvalue weighted by Crippen LogP contribution is -2.41. The number of nitrogens with zero attached hydrogens (tertiary/aromatic N) is 4. The normalized spacial score (nSPS) is 24.6. The second-order valence-corrected chi connectivity index (χ2v) is 12.7. The van der Waals surface area contributed by atoms with Crippen LogP contribution in [0.15, 0.2) is 43.0 Å². The van der Waals surface area contributed by atoms with E-state index in [9.17, 15) is 14.5 Å². The molecule has 3 N–H and O–H groups in total. The number of hydrogen-bond donors (Lipinski definition) is 3. The number of alkyl halides is 1. The van der Waals surface area contributed by atoms with Gasteiger partial charge in [0.05, 0.1) is 19.0 Å². The number of nitrogens with one attached hydrogen (secondary N) is 2. The molecule has 2 aromatic heterocycles. The summed E-state index contributed by atoms with van der Waals surface area (Å²) >= 11 is 0. The molecule has 1 aliphatic heterocycles. The minimum Gasteiger partial charge on any atom is -0.462 e. The zero-order valence-corrected chi connectivity index (χ0v) is 25.3. The Morgan fingerprint density at radius 2 is 1.90 bits per heavy atom. The predicted octanol–water partition coefficient (Wildman–Crippen LogP) is 4.01. The lowest BCUT2D eigenvalue weighted by atomic mass is 9.98. The highest BCUT2D eigenvalue weighted by Gasteiger charge is 2.56. The molecule has 0 aliphatic carbocycles. The fraction of sp³-hybridized carbons (Fsp3) is 0.556. The Labute approximate surface area is 243 Å². The largest absolute Gasteiger partial charge is 0.462 e. The highest BCUT2D eigenvalue weighted by Crippen LogP contribution is 2.48. The van der Waals surface area contributed by atoms with E-state index in [0.29, 0.717) is 29.4 Å². The molecule has 1 aromatic carbocycles. The molecule has 230 valence electrons. The Hall–Kier alpha value is -3.16. The average Bonchev–Trinajstić information content (AvgIpc) is 3.44. The number of aromatic nitrogens is 4. The molecular formula is C27H38FN6O7P. The summed E-state index contributed by atoms with van der Waals surface area (Å²) in [6.45, 7) is 10.2. The first-order chi connectivity index (χ1) is 19.8. The fourth-order valence-corrected chi connectivity index (χ4v) is 5.81. The Balaban J connectivity index is 1.54. The maximum absolute atomic E-state index is 16.1. The van der Waals surface area contributed by atoms with Crippen molar-refractivity contribution in [3.8, 4) is 5.75 Å². The van der Waals surface area contributed by atoms with Crippen molar-refractivity contribution < 1.29 is 37.4 Å². The quantitative estimate of drug-likeness (QED) is 0.189. The Morgan fingerprint density at radius 1 is 1.19 bits per heavy atom. The molecule has 4 rings (SSSR count). The summed E-state index contributed by atoms with van der Waals surface area (Å²) in [6, 6.07) is 7.12. The number of anilines is 1.